The Kier molecular flexibility index (Phi) is 3.93. The lowest BCUT2D eigenvalue weighted by Gasteiger charge is -2.60. The maximum absolute atomic E-state index is 10.9. The van der Waals surface area contributed by atoms with Crippen LogP contribution in [0, 0.1) is 23.7 Å². The van der Waals surface area contributed by atoms with Gasteiger partial charge in [0.2, 0.25) is 5.79 Å². The van der Waals surface area contributed by atoms with E-state index >= 15 is 0 Å². The van der Waals surface area contributed by atoms with Crippen LogP contribution in [0.1, 0.15) is 46.5 Å². The number of carboxylic acid groups (broad SMARTS) is 1. The zero-order valence-corrected chi connectivity index (χ0v) is 14.4. The first-order valence-corrected chi connectivity index (χ1v) is 8.89. The number of hydrogen-bond donors (Lipinski definition) is 1. The highest BCUT2D eigenvalue weighted by Gasteiger charge is 2.69. The van der Waals surface area contributed by atoms with Crippen molar-refractivity contribution in [2.75, 3.05) is 6.61 Å². The minimum Gasteiger partial charge on any atom is -0.480 e. The van der Waals surface area contributed by atoms with Crippen LogP contribution < -0.4 is 0 Å². The molecule has 0 aromatic carbocycles. The van der Waals surface area contributed by atoms with Gasteiger partial charge in [-0.2, -0.15) is 0 Å². The lowest BCUT2D eigenvalue weighted by molar-refractivity contribution is -0.577. The van der Waals surface area contributed by atoms with E-state index in [0.717, 1.165) is 25.7 Å². The van der Waals surface area contributed by atoms with Crippen LogP contribution >= 0.6 is 0 Å². The van der Waals surface area contributed by atoms with E-state index in [1.807, 2.05) is 13.8 Å². The predicted octanol–water partition coefficient (Wildman–Crippen LogP) is 2.30. The van der Waals surface area contributed by atoms with Crippen LogP contribution in [-0.2, 0) is 28.8 Å². The highest BCUT2D eigenvalue weighted by Crippen LogP contribution is 2.60. The van der Waals surface area contributed by atoms with Crippen LogP contribution in [-0.4, -0.2) is 41.7 Å². The number of fused-ring (bicyclic) bond motifs is 2. The summed E-state index contributed by atoms with van der Waals surface area (Å²) in [5.41, 5.74) is -0.629. The number of carbonyl (C=O) groups is 1. The fraction of sp³-hybridized carbons (Fsp3) is 0.941. The second kappa shape index (κ2) is 5.64. The van der Waals surface area contributed by atoms with Gasteiger partial charge in [0.15, 0.2) is 18.2 Å². The second-order valence-electron chi connectivity index (χ2n) is 7.98. The highest BCUT2D eigenvalue weighted by atomic mass is 17.3. The van der Waals surface area contributed by atoms with Gasteiger partial charge in [0.25, 0.3) is 0 Å². The molecule has 4 heterocycles. The Morgan fingerprint density at radius 1 is 1.21 bits per heavy atom. The minimum absolute atomic E-state index is 0.00487. The van der Waals surface area contributed by atoms with E-state index in [2.05, 4.69) is 6.92 Å². The monoisotopic (exact) mass is 342 g/mol. The van der Waals surface area contributed by atoms with Gasteiger partial charge in [-0.3, -0.25) is 0 Å². The first-order valence-electron chi connectivity index (χ1n) is 8.89. The topological polar surface area (TPSA) is 83.5 Å². The number of rotatable bonds is 3. The Morgan fingerprint density at radius 2 is 2.00 bits per heavy atom. The van der Waals surface area contributed by atoms with E-state index in [1.54, 1.807) is 0 Å². The lowest BCUT2D eigenvalue weighted by Crippen LogP contribution is -2.70. The quantitative estimate of drug-likeness (QED) is 0.788. The smallest absolute Gasteiger partial charge is 0.329 e. The summed E-state index contributed by atoms with van der Waals surface area (Å²) < 4.78 is 17.8. The fourth-order valence-corrected chi connectivity index (χ4v) is 5.22. The van der Waals surface area contributed by atoms with Gasteiger partial charge >= 0.3 is 5.97 Å². The molecular formula is C17H26O7. The first kappa shape index (κ1) is 16.7. The normalized spacial score (nSPS) is 53.3. The third-order valence-corrected chi connectivity index (χ3v) is 6.47. The van der Waals surface area contributed by atoms with Gasteiger partial charge in [0, 0.05) is 18.3 Å². The number of aliphatic carboxylic acids is 1. The van der Waals surface area contributed by atoms with E-state index in [-0.39, 0.29) is 18.4 Å². The number of hydrogen-bond acceptors (Lipinski definition) is 6. The summed E-state index contributed by atoms with van der Waals surface area (Å²) in [4.78, 5) is 22.6. The van der Waals surface area contributed by atoms with Crippen molar-refractivity contribution in [3.63, 3.8) is 0 Å². The highest BCUT2D eigenvalue weighted by molar-refractivity contribution is 5.68. The Balaban J connectivity index is 1.68. The lowest BCUT2D eigenvalue weighted by atomic mass is 9.58. The standard InChI is InChI=1S/C17H26O7/c1-9-4-5-12-10(2)14(20-8-13(18)19)21-15-17(12)11(9)6-7-16(3,22-15)23-24-17/h9-12,14-15H,4-8H2,1-3H3,(H,18,19)/t9-,10-,11?,12?,14+,15-,16-,17-/m1/s1. The zero-order valence-electron chi connectivity index (χ0n) is 14.4. The predicted molar refractivity (Wildman–Crippen MR) is 80.4 cm³/mol. The molecule has 5 aliphatic rings. The van der Waals surface area contributed by atoms with Gasteiger partial charge in [-0.05, 0) is 38.0 Å². The van der Waals surface area contributed by atoms with Crippen molar-refractivity contribution in [2.24, 2.45) is 23.7 Å². The third-order valence-electron chi connectivity index (χ3n) is 6.47. The Bertz CT molecular complexity index is 525. The molecule has 1 aliphatic carbocycles. The molecule has 5 rings (SSSR count). The van der Waals surface area contributed by atoms with Crippen LogP contribution in [0.4, 0.5) is 0 Å². The molecule has 4 aliphatic heterocycles. The van der Waals surface area contributed by atoms with E-state index in [4.69, 9.17) is 29.1 Å². The van der Waals surface area contributed by atoms with Gasteiger partial charge in [-0.15, -0.1) is 0 Å². The minimum atomic E-state index is -1.00. The molecule has 24 heavy (non-hydrogen) atoms. The molecule has 136 valence electrons. The molecule has 1 N–H and O–H groups in total. The first-order chi connectivity index (χ1) is 11.4. The average Bonchev–Trinajstić information content (AvgIpc) is 2.76. The van der Waals surface area contributed by atoms with E-state index in [0.29, 0.717) is 11.8 Å². The summed E-state index contributed by atoms with van der Waals surface area (Å²) in [7, 11) is 0. The number of carboxylic acids is 1. The fourth-order valence-electron chi connectivity index (χ4n) is 5.22. The van der Waals surface area contributed by atoms with Crippen LogP contribution in [0.2, 0.25) is 0 Å². The Hall–Kier alpha value is -0.730. The van der Waals surface area contributed by atoms with Crippen LogP contribution in [0.15, 0.2) is 0 Å². The molecule has 0 aromatic rings. The van der Waals surface area contributed by atoms with Crippen molar-refractivity contribution >= 4 is 5.97 Å². The summed E-state index contributed by atoms with van der Waals surface area (Å²) in [6.45, 7) is 5.78. The molecule has 0 aromatic heterocycles. The van der Waals surface area contributed by atoms with Gasteiger partial charge in [0.05, 0.1) is 0 Å². The summed E-state index contributed by atoms with van der Waals surface area (Å²) in [5.74, 6) is -0.868. The molecule has 0 amide bonds. The van der Waals surface area contributed by atoms with Crippen molar-refractivity contribution in [1.29, 1.82) is 0 Å². The SMILES string of the molecule is C[C@@H]1CCC2[C@@H](C)[C@@H](OCC(=O)O)O[C@@H]3O[C@@]4(C)CCC1[C@@]23OO4. The molecule has 2 bridgehead atoms. The Labute approximate surface area is 141 Å². The molecular weight excluding hydrogens is 316 g/mol. The molecule has 1 saturated carbocycles. The van der Waals surface area contributed by atoms with Gasteiger partial charge in [0.1, 0.15) is 6.61 Å². The van der Waals surface area contributed by atoms with E-state index in [1.165, 1.54) is 0 Å². The Morgan fingerprint density at radius 3 is 2.75 bits per heavy atom. The second-order valence-corrected chi connectivity index (χ2v) is 7.98. The van der Waals surface area contributed by atoms with Crippen LogP contribution in [0.5, 0.6) is 0 Å². The molecule has 2 unspecified atom stereocenters. The largest absolute Gasteiger partial charge is 0.480 e. The van der Waals surface area contributed by atoms with Crippen molar-refractivity contribution in [2.45, 2.75) is 70.4 Å². The van der Waals surface area contributed by atoms with Crippen molar-refractivity contribution < 1.29 is 33.9 Å². The molecule has 0 radical (unpaired) electrons. The maximum atomic E-state index is 10.9. The van der Waals surface area contributed by atoms with Crippen molar-refractivity contribution in [1.82, 2.24) is 0 Å². The molecule has 5 fully saturated rings. The van der Waals surface area contributed by atoms with Gasteiger partial charge < -0.3 is 19.3 Å². The molecule has 7 heteroatoms. The molecule has 8 atom stereocenters. The molecule has 4 saturated heterocycles. The average molecular weight is 342 g/mol. The summed E-state index contributed by atoms with van der Waals surface area (Å²) in [5, 5.41) is 8.91. The van der Waals surface area contributed by atoms with Crippen LogP contribution in [0.3, 0.4) is 0 Å². The van der Waals surface area contributed by atoms with Crippen molar-refractivity contribution in [3.8, 4) is 0 Å². The van der Waals surface area contributed by atoms with Crippen LogP contribution in [0.25, 0.3) is 0 Å². The molecule has 7 nitrogen and oxygen atoms in total. The van der Waals surface area contributed by atoms with E-state index < -0.39 is 29.9 Å². The summed E-state index contributed by atoms with van der Waals surface area (Å²) >= 11 is 0. The van der Waals surface area contributed by atoms with E-state index in [9.17, 15) is 4.79 Å². The molecule has 1 spiro atoms. The van der Waals surface area contributed by atoms with Crippen molar-refractivity contribution in [3.05, 3.63) is 0 Å². The van der Waals surface area contributed by atoms with Gasteiger partial charge in [-0.1, -0.05) is 13.8 Å². The summed E-state index contributed by atoms with van der Waals surface area (Å²) in [6.07, 6.45) is 2.61. The van der Waals surface area contributed by atoms with Gasteiger partial charge in [-0.25, -0.2) is 14.6 Å². The zero-order chi connectivity index (χ0) is 17.1. The maximum Gasteiger partial charge on any atom is 0.329 e. The number of ether oxygens (including phenoxy) is 3. The third kappa shape index (κ3) is 2.33. The summed E-state index contributed by atoms with van der Waals surface area (Å²) in [6, 6.07) is 0.